The van der Waals surface area contributed by atoms with Gasteiger partial charge in [0, 0.05) is 28.9 Å². The molecule has 0 radical (unpaired) electrons. The van der Waals surface area contributed by atoms with E-state index in [4.69, 9.17) is 11.6 Å². The number of amides is 3. The smallest absolute Gasteiger partial charge is 0.250 e. The third kappa shape index (κ3) is 2.70. The number of fused-ring (bicyclic) bond motifs is 4. The Morgan fingerprint density at radius 2 is 2.04 bits per heavy atom. The van der Waals surface area contributed by atoms with Gasteiger partial charge in [-0.1, -0.05) is 24.9 Å². The van der Waals surface area contributed by atoms with E-state index in [1.807, 2.05) is 13.2 Å². The van der Waals surface area contributed by atoms with Crippen LogP contribution in [0.2, 0.25) is 5.02 Å². The lowest BCUT2D eigenvalue weighted by atomic mass is 9.76. The number of nitrogens with zero attached hydrogens (tertiary/aromatic N) is 1. The van der Waals surface area contributed by atoms with Crippen molar-refractivity contribution in [3.63, 3.8) is 0 Å². The quantitative estimate of drug-likeness (QED) is 0.690. The number of halogens is 1. The standard InChI is InChI=1S/C20H24ClN3O3S/c1-3-4-8-24-17(25)15-14(7-9-28-2)23-20(16(15)18(24)26)12-10-11(21)5-6-13(12)22-19(20)27/h5-6,10,14-16,23H,3-4,7-9H2,1-2H3,(H,22,27). The van der Waals surface area contributed by atoms with Crippen LogP contribution in [0.5, 0.6) is 0 Å². The van der Waals surface area contributed by atoms with Gasteiger partial charge in [-0.2, -0.15) is 11.8 Å². The average molecular weight is 422 g/mol. The zero-order chi connectivity index (χ0) is 20.1. The zero-order valence-corrected chi connectivity index (χ0v) is 17.5. The van der Waals surface area contributed by atoms with Crippen LogP contribution < -0.4 is 10.6 Å². The first-order valence-corrected chi connectivity index (χ1v) is 11.5. The van der Waals surface area contributed by atoms with Gasteiger partial charge in [-0.05, 0) is 43.0 Å². The van der Waals surface area contributed by atoms with Crippen LogP contribution in [0.4, 0.5) is 5.69 Å². The molecular weight excluding hydrogens is 398 g/mol. The lowest BCUT2D eigenvalue weighted by Crippen LogP contribution is -2.53. The predicted octanol–water partition coefficient (Wildman–Crippen LogP) is 2.61. The van der Waals surface area contributed by atoms with E-state index < -0.39 is 17.4 Å². The van der Waals surface area contributed by atoms with Crippen LogP contribution in [0, 0.1) is 11.8 Å². The molecule has 1 aromatic rings. The van der Waals surface area contributed by atoms with E-state index in [9.17, 15) is 14.4 Å². The molecule has 4 rings (SSSR count). The number of thioether (sulfide) groups is 1. The van der Waals surface area contributed by atoms with Gasteiger partial charge in [-0.15, -0.1) is 0 Å². The molecule has 3 amide bonds. The van der Waals surface area contributed by atoms with Crippen LogP contribution in [0.3, 0.4) is 0 Å². The number of anilines is 1. The summed E-state index contributed by atoms with van der Waals surface area (Å²) in [5.74, 6) is -1.08. The molecule has 28 heavy (non-hydrogen) atoms. The monoisotopic (exact) mass is 421 g/mol. The van der Waals surface area contributed by atoms with Crippen LogP contribution in [-0.4, -0.2) is 47.2 Å². The molecular formula is C20H24ClN3O3S. The Kier molecular flexibility index (Phi) is 5.18. The fourth-order valence-electron chi connectivity index (χ4n) is 4.86. The molecule has 1 aromatic carbocycles. The molecule has 8 heteroatoms. The molecule has 2 fully saturated rings. The van der Waals surface area contributed by atoms with E-state index in [-0.39, 0.29) is 23.8 Å². The van der Waals surface area contributed by atoms with Gasteiger partial charge in [0.05, 0.1) is 11.8 Å². The van der Waals surface area contributed by atoms with Crippen molar-refractivity contribution in [3.05, 3.63) is 28.8 Å². The Bertz CT molecular complexity index is 848. The number of likely N-dealkylation sites (tertiary alicyclic amines) is 1. The summed E-state index contributed by atoms with van der Waals surface area (Å²) in [7, 11) is 0. The van der Waals surface area contributed by atoms with Crippen molar-refractivity contribution in [2.75, 3.05) is 23.9 Å². The molecule has 0 aliphatic carbocycles. The summed E-state index contributed by atoms with van der Waals surface area (Å²) in [4.78, 5) is 41.1. The van der Waals surface area contributed by atoms with Gasteiger partial charge in [0.25, 0.3) is 0 Å². The number of carbonyl (C=O) groups excluding carboxylic acids is 3. The average Bonchev–Trinajstić information content (AvgIpc) is 3.24. The van der Waals surface area contributed by atoms with Crippen molar-refractivity contribution in [3.8, 4) is 0 Å². The topological polar surface area (TPSA) is 78.5 Å². The zero-order valence-electron chi connectivity index (χ0n) is 16.0. The van der Waals surface area contributed by atoms with Gasteiger partial charge in [-0.3, -0.25) is 24.6 Å². The second kappa shape index (κ2) is 7.35. The van der Waals surface area contributed by atoms with Gasteiger partial charge >= 0.3 is 0 Å². The second-order valence-electron chi connectivity index (χ2n) is 7.67. The number of nitrogens with one attached hydrogen (secondary N) is 2. The minimum atomic E-state index is -1.23. The number of hydrogen-bond acceptors (Lipinski definition) is 5. The van der Waals surface area contributed by atoms with E-state index in [0.717, 1.165) is 18.6 Å². The fourth-order valence-corrected chi connectivity index (χ4v) is 5.53. The van der Waals surface area contributed by atoms with Gasteiger partial charge in [0.2, 0.25) is 17.7 Å². The molecule has 4 unspecified atom stereocenters. The summed E-state index contributed by atoms with van der Waals surface area (Å²) in [6.45, 7) is 2.44. The molecule has 3 aliphatic heterocycles. The number of carbonyl (C=O) groups is 3. The van der Waals surface area contributed by atoms with Crippen molar-refractivity contribution < 1.29 is 14.4 Å². The molecule has 1 spiro atoms. The lowest BCUT2D eigenvalue weighted by Gasteiger charge is -2.29. The molecule has 150 valence electrons. The van der Waals surface area contributed by atoms with E-state index in [1.54, 1.807) is 30.0 Å². The molecule has 0 saturated carbocycles. The van der Waals surface area contributed by atoms with E-state index in [0.29, 0.717) is 29.2 Å². The number of unbranched alkanes of at least 4 members (excludes halogenated alkanes) is 1. The van der Waals surface area contributed by atoms with Crippen LogP contribution in [0.25, 0.3) is 0 Å². The highest BCUT2D eigenvalue weighted by molar-refractivity contribution is 7.98. The van der Waals surface area contributed by atoms with E-state index >= 15 is 0 Å². The predicted molar refractivity (Wildman–Crippen MR) is 110 cm³/mol. The number of hydrogen-bond donors (Lipinski definition) is 2. The molecule has 3 heterocycles. The molecule has 2 N–H and O–H groups in total. The molecule has 0 aromatic heterocycles. The van der Waals surface area contributed by atoms with E-state index in [2.05, 4.69) is 10.6 Å². The summed E-state index contributed by atoms with van der Waals surface area (Å²) >= 11 is 7.91. The van der Waals surface area contributed by atoms with Gasteiger partial charge in [0.1, 0.15) is 5.54 Å². The summed E-state index contributed by atoms with van der Waals surface area (Å²) in [5.41, 5.74) is 0.0883. The van der Waals surface area contributed by atoms with Gasteiger partial charge in [0.15, 0.2) is 0 Å². The van der Waals surface area contributed by atoms with Gasteiger partial charge in [-0.25, -0.2) is 0 Å². The molecule has 0 bridgehead atoms. The Labute approximate surface area is 173 Å². The normalized spacial score (nSPS) is 30.9. The summed E-state index contributed by atoms with van der Waals surface area (Å²) in [6, 6.07) is 4.98. The van der Waals surface area contributed by atoms with Crippen molar-refractivity contribution in [1.82, 2.24) is 10.2 Å². The number of rotatable bonds is 6. The minimum absolute atomic E-state index is 0.151. The van der Waals surface area contributed by atoms with Gasteiger partial charge < -0.3 is 5.32 Å². The first-order chi connectivity index (χ1) is 13.5. The first kappa shape index (κ1) is 19.7. The highest BCUT2D eigenvalue weighted by Gasteiger charge is 2.70. The van der Waals surface area contributed by atoms with Crippen molar-refractivity contribution in [2.45, 2.75) is 37.8 Å². The number of imide groups is 1. The van der Waals surface area contributed by atoms with Crippen LogP contribution in [-0.2, 0) is 19.9 Å². The third-order valence-electron chi connectivity index (χ3n) is 6.14. The van der Waals surface area contributed by atoms with Crippen LogP contribution in [0.15, 0.2) is 18.2 Å². The third-order valence-corrected chi connectivity index (χ3v) is 7.02. The largest absolute Gasteiger partial charge is 0.324 e. The first-order valence-electron chi connectivity index (χ1n) is 9.69. The Balaban J connectivity index is 1.81. The second-order valence-corrected chi connectivity index (χ2v) is 9.09. The lowest BCUT2D eigenvalue weighted by molar-refractivity contribution is -0.142. The number of benzene rings is 1. The van der Waals surface area contributed by atoms with Crippen LogP contribution >= 0.6 is 23.4 Å². The Morgan fingerprint density at radius 1 is 1.25 bits per heavy atom. The SMILES string of the molecule is CCCCN1C(=O)C2C(CCSC)NC3(C(=O)Nc4ccc(Cl)cc43)C2C1=O. The van der Waals surface area contributed by atoms with Crippen LogP contribution in [0.1, 0.15) is 31.7 Å². The Hall–Kier alpha value is -1.57. The highest BCUT2D eigenvalue weighted by atomic mass is 35.5. The molecule has 4 atom stereocenters. The maximum Gasteiger partial charge on any atom is 0.250 e. The van der Waals surface area contributed by atoms with Crippen molar-refractivity contribution in [2.24, 2.45) is 11.8 Å². The summed E-state index contributed by atoms with van der Waals surface area (Å²) < 4.78 is 0. The Morgan fingerprint density at radius 3 is 2.75 bits per heavy atom. The molecule has 3 aliphatic rings. The maximum atomic E-state index is 13.4. The fraction of sp³-hybridized carbons (Fsp3) is 0.550. The minimum Gasteiger partial charge on any atom is -0.324 e. The van der Waals surface area contributed by atoms with Crippen molar-refractivity contribution in [1.29, 1.82) is 0 Å². The molecule has 6 nitrogen and oxygen atoms in total. The van der Waals surface area contributed by atoms with Crippen molar-refractivity contribution >= 4 is 46.8 Å². The highest BCUT2D eigenvalue weighted by Crippen LogP contribution is 2.53. The maximum absolute atomic E-state index is 13.4. The van der Waals surface area contributed by atoms with E-state index in [1.165, 1.54) is 4.90 Å². The summed E-state index contributed by atoms with van der Waals surface area (Å²) in [6.07, 6.45) is 4.38. The summed E-state index contributed by atoms with van der Waals surface area (Å²) in [5, 5.41) is 6.81. The molecule has 2 saturated heterocycles.